The number of nitrogens with one attached hydrogen (secondary N) is 1. The van der Waals surface area contributed by atoms with Gasteiger partial charge in [0.2, 0.25) is 5.91 Å². The predicted molar refractivity (Wildman–Crippen MR) is 74.7 cm³/mol. The molecule has 1 heterocycles. The normalized spacial score (nSPS) is 35.7. The van der Waals surface area contributed by atoms with Crippen LogP contribution in [0.4, 0.5) is 5.69 Å². The number of ether oxygens (including phenoxy) is 2. The molecule has 1 saturated heterocycles. The number of benzene rings is 1. The Hall–Kier alpha value is -2.04. The summed E-state index contributed by atoms with van der Waals surface area (Å²) in [5.41, 5.74) is 0.649. The highest BCUT2D eigenvalue weighted by Crippen LogP contribution is 2.57. The van der Waals surface area contributed by atoms with Crippen LogP contribution in [-0.4, -0.2) is 25.1 Å². The van der Waals surface area contributed by atoms with Crippen molar-refractivity contribution in [3.63, 3.8) is 0 Å². The van der Waals surface area contributed by atoms with Crippen LogP contribution in [0.3, 0.4) is 0 Å². The fourth-order valence-corrected chi connectivity index (χ4v) is 4.33. The van der Waals surface area contributed by atoms with Gasteiger partial charge in [0.25, 0.3) is 0 Å². The molecular weight excluding hydrogens is 270 g/mol. The molecule has 1 aromatic carbocycles. The van der Waals surface area contributed by atoms with Crippen molar-refractivity contribution in [1.82, 2.24) is 0 Å². The van der Waals surface area contributed by atoms with Gasteiger partial charge in [0.05, 0.1) is 24.6 Å². The number of anilines is 1. The molecule has 5 heteroatoms. The molecule has 3 aliphatic rings. The van der Waals surface area contributed by atoms with Crippen LogP contribution in [0.2, 0.25) is 0 Å². The second-order valence-corrected chi connectivity index (χ2v) is 6.11. The van der Waals surface area contributed by atoms with E-state index in [0.29, 0.717) is 11.4 Å². The third kappa shape index (κ3) is 1.76. The van der Waals surface area contributed by atoms with E-state index in [2.05, 4.69) is 5.32 Å². The van der Waals surface area contributed by atoms with Crippen LogP contribution < -0.4 is 10.1 Å². The van der Waals surface area contributed by atoms with Crippen LogP contribution in [0.25, 0.3) is 0 Å². The zero-order chi connectivity index (χ0) is 14.6. The minimum atomic E-state index is -0.258. The van der Waals surface area contributed by atoms with Crippen molar-refractivity contribution < 1.29 is 19.1 Å². The van der Waals surface area contributed by atoms with Gasteiger partial charge in [-0.2, -0.15) is 0 Å². The summed E-state index contributed by atoms with van der Waals surface area (Å²) in [7, 11) is 1.57. The first-order valence-electron chi connectivity index (χ1n) is 7.33. The van der Waals surface area contributed by atoms with E-state index in [4.69, 9.17) is 9.47 Å². The number of hydrogen-bond donors (Lipinski definition) is 1. The molecule has 0 radical (unpaired) electrons. The van der Waals surface area contributed by atoms with Crippen LogP contribution in [0, 0.1) is 23.7 Å². The van der Waals surface area contributed by atoms with E-state index < -0.39 is 0 Å². The largest absolute Gasteiger partial charge is 0.495 e. The van der Waals surface area contributed by atoms with Crippen LogP contribution >= 0.6 is 0 Å². The highest BCUT2D eigenvalue weighted by molar-refractivity contribution is 5.97. The Morgan fingerprint density at radius 3 is 2.95 bits per heavy atom. The maximum absolute atomic E-state index is 12.6. The lowest BCUT2D eigenvalue weighted by molar-refractivity contribution is -0.145. The molecule has 110 valence electrons. The van der Waals surface area contributed by atoms with Gasteiger partial charge in [0.15, 0.2) is 0 Å². The standard InChI is InChI=1S/C16H17NO4/c1-20-11-5-3-2-4-10(11)17-15(18)13-8-6-9-12(7-8)21-16(19)14(9)13/h2-5,8-9,12-14H,6-7H2,1H3,(H,17,18)/t8-,9+,12+,13-,14+/m1/s1. The number of hydrogen-bond acceptors (Lipinski definition) is 4. The molecule has 1 N–H and O–H groups in total. The summed E-state index contributed by atoms with van der Waals surface area (Å²) < 4.78 is 10.6. The molecule has 3 fully saturated rings. The van der Waals surface area contributed by atoms with Crippen molar-refractivity contribution in [3.8, 4) is 5.75 Å². The summed E-state index contributed by atoms with van der Waals surface area (Å²) in [6, 6.07) is 7.31. The number of esters is 1. The highest BCUT2D eigenvalue weighted by Gasteiger charge is 2.63. The van der Waals surface area contributed by atoms with Crippen molar-refractivity contribution in [2.75, 3.05) is 12.4 Å². The smallest absolute Gasteiger partial charge is 0.310 e. The monoisotopic (exact) mass is 287 g/mol. The summed E-state index contributed by atoms with van der Waals surface area (Å²) in [5.74, 6) is 0.358. The Balaban J connectivity index is 1.57. The molecule has 1 aromatic rings. The zero-order valence-electron chi connectivity index (χ0n) is 11.7. The van der Waals surface area contributed by atoms with E-state index >= 15 is 0 Å². The number of carbonyl (C=O) groups is 2. The first-order chi connectivity index (χ1) is 10.2. The van der Waals surface area contributed by atoms with Crippen molar-refractivity contribution in [2.24, 2.45) is 23.7 Å². The van der Waals surface area contributed by atoms with Crippen LogP contribution in [-0.2, 0) is 14.3 Å². The third-order valence-corrected chi connectivity index (χ3v) is 5.15. The first kappa shape index (κ1) is 12.7. The molecule has 5 atom stereocenters. The van der Waals surface area contributed by atoms with Gasteiger partial charge in [0.1, 0.15) is 11.9 Å². The first-order valence-corrected chi connectivity index (χ1v) is 7.33. The average Bonchev–Trinajstić information content (AvgIpc) is 3.09. The van der Waals surface area contributed by atoms with E-state index in [0.717, 1.165) is 12.8 Å². The van der Waals surface area contributed by atoms with Crippen molar-refractivity contribution in [2.45, 2.75) is 18.9 Å². The SMILES string of the molecule is COc1ccccc1NC(=O)[C@@H]1[C@@H]2C[C@@H]3[C@@H]1C(=O)O[C@H]3C2. The molecule has 2 bridgehead atoms. The lowest BCUT2D eigenvalue weighted by Gasteiger charge is -2.23. The van der Waals surface area contributed by atoms with Gasteiger partial charge >= 0.3 is 5.97 Å². The maximum atomic E-state index is 12.6. The minimum Gasteiger partial charge on any atom is -0.495 e. The number of rotatable bonds is 3. The van der Waals surface area contributed by atoms with Gasteiger partial charge in [-0.25, -0.2) is 0 Å². The Morgan fingerprint density at radius 2 is 2.14 bits per heavy atom. The summed E-state index contributed by atoms with van der Waals surface area (Å²) in [4.78, 5) is 24.6. The molecule has 21 heavy (non-hydrogen) atoms. The van der Waals surface area contributed by atoms with E-state index in [1.54, 1.807) is 19.2 Å². The molecular formula is C16H17NO4. The molecule has 0 aromatic heterocycles. The quantitative estimate of drug-likeness (QED) is 0.861. The molecule has 1 amide bonds. The van der Waals surface area contributed by atoms with E-state index in [1.165, 1.54) is 0 Å². The predicted octanol–water partition coefficient (Wildman–Crippen LogP) is 1.83. The van der Waals surface area contributed by atoms with Gasteiger partial charge in [0, 0.05) is 5.92 Å². The number of amides is 1. The number of carbonyl (C=O) groups excluding carboxylic acids is 2. The van der Waals surface area contributed by atoms with Gasteiger partial charge in [-0.3, -0.25) is 9.59 Å². The second-order valence-electron chi connectivity index (χ2n) is 6.11. The molecule has 5 nitrogen and oxygen atoms in total. The van der Waals surface area contributed by atoms with Crippen molar-refractivity contribution >= 4 is 17.6 Å². The third-order valence-electron chi connectivity index (χ3n) is 5.15. The summed E-state index contributed by atoms with van der Waals surface area (Å²) in [6.45, 7) is 0. The molecule has 2 aliphatic carbocycles. The lowest BCUT2D eigenvalue weighted by Crippen LogP contribution is -2.35. The minimum absolute atomic E-state index is 0.0582. The Labute approximate surface area is 122 Å². The number of para-hydroxylation sites is 2. The zero-order valence-corrected chi connectivity index (χ0v) is 11.7. The molecule has 0 spiro atoms. The second kappa shape index (κ2) is 4.48. The molecule has 4 rings (SSSR count). The topological polar surface area (TPSA) is 64.6 Å². The van der Waals surface area contributed by atoms with Crippen LogP contribution in [0.15, 0.2) is 24.3 Å². The molecule has 2 saturated carbocycles. The summed E-state index contributed by atoms with van der Waals surface area (Å²) in [5, 5.41) is 2.92. The number of methoxy groups -OCH3 is 1. The van der Waals surface area contributed by atoms with Crippen molar-refractivity contribution in [1.29, 1.82) is 0 Å². The van der Waals surface area contributed by atoms with Gasteiger partial charge in [-0.05, 0) is 30.9 Å². The molecule has 0 unspecified atom stereocenters. The van der Waals surface area contributed by atoms with Crippen LogP contribution in [0.5, 0.6) is 5.75 Å². The Kier molecular flexibility index (Phi) is 2.71. The Bertz CT molecular complexity index is 612. The average molecular weight is 287 g/mol. The van der Waals surface area contributed by atoms with E-state index in [1.807, 2.05) is 12.1 Å². The van der Waals surface area contributed by atoms with Crippen molar-refractivity contribution in [3.05, 3.63) is 24.3 Å². The lowest BCUT2D eigenvalue weighted by atomic mass is 9.79. The van der Waals surface area contributed by atoms with Gasteiger partial charge in [-0.1, -0.05) is 12.1 Å². The van der Waals surface area contributed by atoms with Crippen LogP contribution in [0.1, 0.15) is 12.8 Å². The fraction of sp³-hybridized carbons (Fsp3) is 0.500. The maximum Gasteiger partial charge on any atom is 0.310 e. The summed E-state index contributed by atoms with van der Waals surface area (Å²) >= 11 is 0. The Morgan fingerprint density at radius 1 is 1.33 bits per heavy atom. The highest BCUT2D eigenvalue weighted by atomic mass is 16.6. The summed E-state index contributed by atoms with van der Waals surface area (Å²) in [6.07, 6.45) is 1.82. The number of fused-ring (bicyclic) bond motifs is 1. The fourth-order valence-electron chi connectivity index (χ4n) is 4.33. The van der Waals surface area contributed by atoms with Gasteiger partial charge in [-0.15, -0.1) is 0 Å². The van der Waals surface area contributed by atoms with E-state index in [9.17, 15) is 9.59 Å². The van der Waals surface area contributed by atoms with E-state index in [-0.39, 0.29) is 41.7 Å². The van der Waals surface area contributed by atoms with Gasteiger partial charge < -0.3 is 14.8 Å². The molecule has 1 aliphatic heterocycles.